The molecule has 2 fully saturated rings. The first-order valence-electron chi connectivity index (χ1n) is 9.22. The molecular weight excluding hydrogens is 336 g/mol. The molecule has 0 spiro atoms. The molecule has 8 nitrogen and oxygen atoms in total. The van der Waals surface area contributed by atoms with Crippen molar-refractivity contribution >= 4 is 11.9 Å². The molecule has 3 rings (SSSR count). The van der Waals surface area contributed by atoms with Gasteiger partial charge in [0.25, 0.3) is 5.91 Å². The number of esters is 1. The highest BCUT2D eigenvalue weighted by molar-refractivity contribution is 5.89. The summed E-state index contributed by atoms with van der Waals surface area (Å²) in [7, 11) is 0. The van der Waals surface area contributed by atoms with Crippen LogP contribution in [0.25, 0.3) is 0 Å². The van der Waals surface area contributed by atoms with Gasteiger partial charge in [0.05, 0.1) is 19.4 Å². The molecule has 142 valence electrons. The van der Waals surface area contributed by atoms with Crippen LogP contribution >= 0.6 is 0 Å². The van der Waals surface area contributed by atoms with Crippen LogP contribution in [0.5, 0.6) is 0 Å². The Labute approximate surface area is 153 Å². The van der Waals surface area contributed by atoms with Gasteiger partial charge in [-0.05, 0) is 12.8 Å². The Morgan fingerprint density at radius 1 is 1.19 bits per heavy atom. The average Bonchev–Trinajstić information content (AvgIpc) is 2.72. The second-order valence-corrected chi connectivity index (χ2v) is 6.83. The summed E-state index contributed by atoms with van der Waals surface area (Å²) in [6.07, 6.45) is 9.94. The van der Waals surface area contributed by atoms with Gasteiger partial charge in [-0.25, -0.2) is 9.78 Å². The molecule has 1 aliphatic carbocycles. The van der Waals surface area contributed by atoms with Crippen molar-refractivity contribution in [2.75, 3.05) is 39.5 Å². The van der Waals surface area contributed by atoms with Crippen molar-refractivity contribution < 1.29 is 19.1 Å². The zero-order valence-corrected chi connectivity index (χ0v) is 15.0. The summed E-state index contributed by atoms with van der Waals surface area (Å²) in [5.41, 5.74) is 0.0874. The van der Waals surface area contributed by atoms with Crippen LogP contribution in [0.15, 0.2) is 18.6 Å². The highest BCUT2D eigenvalue weighted by Crippen LogP contribution is 2.33. The number of hydrogen-bond acceptors (Lipinski definition) is 7. The van der Waals surface area contributed by atoms with Gasteiger partial charge in [0.15, 0.2) is 12.3 Å². The Morgan fingerprint density at radius 3 is 2.65 bits per heavy atom. The average molecular weight is 362 g/mol. The molecule has 2 heterocycles. The minimum Gasteiger partial charge on any atom is -0.451 e. The Bertz CT molecular complexity index is 598. The Balaban J connectivity index is 1.50. The van der Waals surface area contributed by atoms with Crippen LogP contribution in [0.1, 0.15) is 42.6 Å². The third-order valence-corrected chi connectivity index (χ3v) is 5.19. The van der Waals surface area contributed by atoms with Gasteiger partial charge in [0, 0.05) is 37.6 Å². The topological polar surface area (TPSA) is 93.7 Å². The van der Waals surface area contributed by atoms with Crippen molar-refractivity contribution in [1.29, 1.82) is 0 Å². The van der Waals surface area contributed by atoms with Gasteiger partial charge in [-0.15, -0.1) is 0 Å². The SMILES string of the molecule is O=C(COC(=O)c1cnccn1)NCC1(N2CCOCC2)CCCCC1. The zero-order chi connectivity index (χ0) is 18.2. The van der Waals surface area contributed by atoms with Gasteiger partial charge in [0.1, 0.15) is 0 Å². The third kappa shape index (κ3) is 4.76. The van der Waals surface area contributed by atoms with Crippen LogP contribution in [0.4, 0.5) is 0 Å². The normalized spacial score (nSPS) is 20.3. The molecule has 0 aromatic carbocycles. The standard InChI is InChI=1S/C18H26N4O4/c23-16(13-26-17(24)15-12-19-6-7-20-15)21-14-18(4-2-1-3-5-18)22-8-10-25-11-9-22/h6-7,12H,1-5,8-11,13-14H2,(H,21,23). The number of rotatable bonds is 6. The minimum atomic E-state index is -0.645. The molecule has 1 saturated heterocycles. The molecule has 0 bridgehead atoms. The molecule has 0 unspecified atom stereocenters. The first-order valence-corrected chi connectivity index (χ1v) is 9.22. The molecule has 1 N–H and O–H groups in total. The highest BCUT2D eigenvalue weighted by Gasteiger charge is 2.38. The number of carbonyl (C=O) groups excluding carboxylic acids is 2. The van der Waals surface area contributed by atoms with Crippen molar-refractivity contribution in [3.63, 3.8) is 0 Å². The quantitative estimate of drug-likeness (QED) is 0.748. The van der Waals surface area contributed by atoms with Crippen molar-refractivity contribution in [1.82, 2.24) is 20.2 Å². The van der Waals surface area contributed by atoms with Crippen LogP contribution in [-0.2, 0) is 14.3 Å². The van der Waals surface area contributed by atoms with E-state index in [1.54, 1.807) is 0 Å². The maximum atomic E-state index is 12.2. The zero-order valence-electron chi connectivity index (χ0n) is 15.0. The number of amides is 1. The van der Waals surface area contributed by atoms with E-state index in [1.165, 1.54) is 37.9 Å². The lowest BCUT2D eigenvalue weighted by Gasteiger charge is -2.48. The third-order valence-electron chi connectivity index (χ3n) is 5.19. The number of morpholine rings is 1. The molecule has 0 atom stereocenters. The predicted octanol–water partition coefficient (Wildman–Crippen LogP) is 0.785. The summed E-state index contributed by atoms with van der Waals surface area (Å²) in [5, 5.41) is 2.96. The number of aromatic nitrogens is 2. The predicted molar refractivity (Wildman–Crippen MR) is 93.5 cm³/mol. The molecule has 1 aromatic rings. The van der Waals surface area contributed by atoms with Gasteiger partial charge in [0.2, 0.25) is 0 Å². The molecule has 8 heteroatoms. The van der Waals surface area contributed by atoms with E-state index in [0.29, 0.717) is 6.54 Å². The molecule has 1 aromatic heterocycles. The Morgan fingerprint density at radius 2 is 1.96 bits per heavy atom. The largest absolute Gasteiger partial charge is 0.451 e. The molecule has 1 amide bonds. The van der Waals surface area contributed by atoms with E-state index in [9.17, 15) is 9.59 Å². The van der Waals surface area contributed by atoms with Crippen LogP contribution in [0, 0.1) is 0 Å². The van der Waals surface area contributed by atoms with Crippen LogP contribution in [-0.4, -0.2) is 71.7 Å². The Hall–Kier alpha value is -2.06. The van der Waals surface area contributed by atoms with Gasteiger partial charge in [-0.2, -0.15) is 0 Å². The van der Waals surface area contributed by atoms with E-state index < -0.39 is 5.97 Å². The van der Waals surface area contributed by atoms with Gasteiger partial charge < -0.3 is 14.8 Å². The fraction of sp³-hybridized carbons (Fsp3) is 0.667. The fourth-order valence-corrected chi connectivity index (χ4v) is 3.78. The summed E-state index contributed by atoms with van der Waals surface area (Å²) in [6.45, 7) is 3.55. The summed E-state index contributed by atoms with van der Waals surface area (Å²) in [6, 6.07) is 0. The number of hydrogen-bond donors (Lipinski definition) is 1. The molecule has 1 aliphatic heterocycles. The van der Waals surface area contributed by atoms with E-state index >= 15 is 0 Å². The fourth-order valence-electron chi connectivity index (χ4n) is 3.78. The monoisotopic (exact) mass is 362 g/mol. The van der Waals surface area contributed by atoms with Gasteiger partial charge >= 0.3 is 5.97 Å². The number of ether oxygens (including phenoxy) is 2. The lowest BCUT2D eigenvalue weighted by atomic mass is 9.79. The van der Waals surface area contributed by atoms with E-state index in [4.69, 9.17) is 9.47 Å². The molecule has 2 aliphatic rings. The maximum absolute atomic E-state index is 12.2. The lowest BCUT2D eigenvalue weighted by molar-refractivity contribution is -0.125. The van der Waals surface area contributed by atoms with Crippen molar-refractivity contribution in [3.8, 4) is 0 Å². The van der Waals surface area contributed by atoms with Crippen molar-refractivity contribution in [2.45, 2.75) is 37.6 Å². The number of nitrogens with zero attached hydrogens (tertiary/aromatic N) is 3. The van der Waals surface area contributed by atoms with Crippen LogP contribution < -0.4 is 5.32 Å². The van der Waals surface area contributed by atoms with Crippen molar-refractivity contribution in [2.24, 2.45) is 0 Å². The summed E-state index contributed by atoms with van der Waals surface area (Å²) < 4.78 is 10.5. The summed E-state index contributed by atoms with van der Waals surface area (Å²) in [4.78, 5) is 34.1. The Kier molecular flexibility index (Phi) is 6.51. The first kappa shape index (κ1) is 18.7. The number of carbonyl (C=O) groups is 2. The molecule has 0 radical (unpaired) electrons. The second-order valence-electron chi connectivity index (χ2n) is 6.83. The summed E-state index contributed by atoms with van der Waals surface area (Å²) in [5.74, 6) is -0.936. The molecular formula is C18H26N4O4. The van der Waals surface area contributed by atoms with E-state index in [-0.39, 0.29) is 23.7 Å². The molecule has 1 saturated carbocycles. The molecule has 26 heavy (non-hydrogen) atoms. The van der Waals surface area contributed by atoms with Crippen molar-refractivity contribution in [3.05, 3.63) is 24.3 Å². The van der Waals surface area contributed by atoms with Gasteiger partial charge in [-0.3, -0.25) is 14.7 Å². The second kappa shape index (κ2) is 9.05. The van der Waals surface area contributed by atoms with Crippen LogP contribution in [0.2, 0.25) is 0 Å². The summed E-state index contributed by atoms with van der Waals surface area (Å²) >= 11 is 0. The van der Waals surface area contributed by atoms with E-state index in [2.05, 4.69) is 20.2 Å². The first-order chi connectivity index (χ1) is 12.7. The lowest BCUT2D eigenvalue weighted by Crippen LogP contribution is -2.59. The van der Waals surface area contributed by atoms with Gasteiger partial charge in [-0.1, -0.05) is 19.3 Å². The maximum Gasteiger partial charge on any atom is 0.359 e. The number of nitrogens with one attached hydrogen (secondary N) is 1. The minimum absolute atomic E-state index is 0.00734. The van der Waals surface area contributed by atoms with E-state index in [1.807, 2.05) is 0 Å². The smallest absolute Gasteiger partial charge is 0.359 e. The highest BCUT2D eigenvalue weighted by atomic mass is 16.5. The van der Waals surface area contributed by atoms with Crippen LogP contribution in [0.3, 0.4) is 0 Å². The van der Waals surface area contributed by atoms with E-state index in [0.717, 1.165) is 39.1 Å².